The lowest BCUT2D eigenvalue weighted by molar-refractivity contribution is -0.205. The fourth-order valence-electron chi connectivity index (χ4n) is 2.97. The molecule has 180 valence electrons. The number of carbonyl (C=O) groups is 1. The maximum Gasteiger partial charge on any atom is 0.364 e. The number of rotatable bonds is 11. The van der Waals surface area contributed by atoms with Crippen molar-refractivity contribution in [1.29, 1.82) is 0 Å². The van der Waals surface area contributed by atoms with Crippen molar-refractivity contribution < 1.29 is 32.9 Å². The van der Waals surface area contributed by atoms with Crippen molar-refractivity contribution in [1.82, 2.24) is 9.97 Å². The molecule has 0 amide bonds. The van der Waals surface area contributed by atoms with Crippen molar-refractivity contribution in [2.24, 2.45) is 0 Å². The van der Waals surface area contributed by atoms with Gasteiger partial charge in [-0.3, -0.25) is 0 Å². The second-order valence-electron chi connectivity index (χ2n) is 8.02. The number of aromatic nitrogens is 2. The minimum atomic E-state index is -3.32. The summed E-state index contributed by atoms with van der Waals surface area (Å²) in [5.74, 6) is -5.22. The van der Waals surface area contributed by atoms with Crippen LogP contribution in [0.4, 0.5) is 10.3 Å². The molecule has 0 bridgehead atoms. The van der Waals surface area contributed by atoms with Crippen LogP contribution < -0.4 is 5.32 Å². The van der Waals surface area contributed by atoms with Crippen LogP contribution in [0.1, 0.15) is 50.3 Å². The molecule has 0 radical (unpaired) electrons. The number of nitrogens with one attached hydrogen (secondary N) is 1. The first-order valence-electron chi connectivity index (χ1n) is 10.2. The molecule has 0 aliphatic rings. The third-order valence-electron chi connectivity index (χ3n) is 4.66. The minimum absolute atomic E-state index is 0.0693. The van der Waals surface area contributed by atoms with Crippen LogP contribution in [0.15, 0.2) is 30.3 Å². The molecule has 0 saturated heterocycles. The van der Waals surface area contributed by atoms with Crippen LogP contribution in [0.3, 0.4) is 0 Å². The van der Waals surface area contributed by atoms with E-state index in [0.29, 0.717) is 28.9 Å². The van der Waals surface area contributed by atoms with Gasteiger partial charge in [0.25, 0.3) is 5.79 Å². The Morgan fingerprint density at radius 3 is 2.39 bits per heavy atom. The second kappa shape index (κ2) is 10.8. The van der Waals surface area contributed by atoms with Crippen LogP contribution in [-0.2, 0) is 14.6 Å². The largest absolute Gasteiger partial charge is 0.477 e. The van der Waals surface area contributed by atoms with E-state index in [1.54, 1.807) is 24.3 Å². The standard InChI is InChI=1S/C22H28FN3O6S/c1-14(2)18-17(7-5-4-6-12-22(29,30)20(27)28)19(15-8-10-16(23)11-9-15)26-21(25-18)24-13-33(3,31)32/h5,7-11,14,29-30H,4,6,12-13H2,1-3H3,(H,27,28)(H,24,25,26). The predicted molar refractivity (Wildman–Crippen MR) is 123 cm³/mol. The van der Waals surface area contributed by atoms with E-state index < -0.39 is 27.4 Å². The number of sulfone groups is 1. The maximum absolute atomic E-state index is 13.5. The van der Waals surface area contributed by atoms with Gasteiger partial charge in [-0.1, -0.05) is 26.0 Å². The predicted octanol–water partition coefficient (Wildman–Crippen LogP) is 2.77. The Bertz CT molecular complexity index is 1120. The van der Waals surface area contributed by atoms with Crippen LogP contribution in [0.5, 0.6) is 0 Å². The van der Waals surface area contributed by atoms with E-state index >= 15 is 0 Å². The van der Waals surface area contributed by atoms with E-state index in [2.05, 4.69) is 15.3 Å². The molecule has 0 aliphatic carbocycles. The van der Waals surface area contributed by atoms with Crippen molar-refractivity contribution in [2.75, 3.05) is 17.4 Å². The summed E-state index contributed by atoms with van der Waals surface area (Å²) >= 11 is 0. The molecule has 1 heterocycles. The molecule has 2 rings (SSSR count). The zero-order valence-electron chi connectivity index (χ0n) is 18.6. The molecule has 1 aromatic carbocycles. The van der Waals surface area contributed by atoms with E-state index in [1.165, 1.54) is 12.1 Å². The fourth-order valence-corrected chi connectivity index (χ4v) is 3.36. The number of hydrogen-bond acceptors (Lipinski definition) is 8. The van der Waals surface area contributed by atoms with E-state index in [9.17, 15) is 27.8 Å². The highest BCUT2D eigenvalue weighted by Gasteiger charge is 2.31. The van der Waals surface area contributed by atoms with Gasteiger partial charge >= 0.3 is 5.97 Å². The van der Waals surface area contributed by atoms with Crippen LogP contribution in [0.2, 0.25) is 0 Å². The van der Waals surface area contributed by atoms with Crippen molar-refractivity contribution in [3.63, 3.8) is 0 Å². The molecule has 0 aliphatic heterocycles. The van der Waals surface area contributed by atoms with E-state index in [1.807, 2.05) is 13.8 Å². The Hall–Kier alpha value is -2.89. The molecule has 33 heavy (non-hydrogen) atoms. The molecule has 0 fully saturated rings. The zero-order valence-corrected chi connectivity index (χ0v) is 19.4. The number of carboxylic acid groups (broad SMARTS) is 1. The summed E-state index contributed by atoms with van der Waals surface area (Å²) < 4.78 is 36.6. The summed E-state index contributed by atoms with van der Waals surface area (Å²) in [5.41, 5.74) is 2.32. The lowest BCUT2D eigenvalue weighted by Gasteiger charge is -2.17. The molecule has 0 saturated carbocycles. The number of anilines is 1. The summed E-state index contributed by atoms with van der Waals surface area (Å²) in [6, 6.07) is 5.69. The van der Waals surface area contributed by atoms with Crippen molar-refractivity contribution in [3.05, 3.63) is 47.4 Å². The monoisotopic (exact) mass is 481 g/mol. The topological polar surface area (TPSA) is 150 Å². The number of carboxylic acids is 1. The number of unbranched alkanes of at least 4 members (excludes halogenated alkanes) is 1. The maximum atomic E-state index is 13.5. The first-order valence-corrected chi connectivity index (χ1v) is 12.3. The second-order valence-corrected chi connectivity index (χ2v) is 10.2. The van der Waals surface area contributed by atoms with Gasteiger partial charge in [0, 0.05) is 23.8 Å². The molecule has 0 atom stereocenters. The Morgan fingerprint density at radius 1 is 1.21 bits per heavy atom. The van der Waals surface area contributed by atoms with Crippen molar-refractivity contribution >= 4 is 27.8 Å². The van der Waals surface area contributed by atoms with Crippen LogP contribution >= 0.6 is 0 Å². The van der Waals surface area contributed by atoms with Gasteiger partial charge in [0.15, 0.2) is 9.84 Å². The van der Waals surface area contributed by atoms with Crippen LogP contribution in [-0.4, -0.2) is 57.6 Å². The Labute approximate surface area is 192 Å². The van der Waals surface area contributed by atoms with E-state index in [0.717, 1.165) is 6.26 Å². The number of aliphatic carboxylic acids is 1. The number of aliphatic hydroxyl groups is 2. The average Bonchev–Trinajstić information content (AvgIpc) is 2.72. The van der Waals surface area contributed by atoms with Gasteiger partial charge in [0.2, 0.25) is 5.95 Å². The highest BCUT2D eigenvalue weighted by molar-refractivity contribution is 7.90. The molecule has 9 nitrogen and oxygen atoms in total. The SMILES string of the molecule is CC(C)c1nc(NCS(C)(=O)=O)nc(-c2ccc(F)cc2)c1C=CCCCC(O)(O)C(=O)O. The number of halogens is 1. The minimum Gasteiger partial charge on any atom is -0.477 e. The summed E-state index contributed by atoms with van der Waals surface area (Å²) in [6.07, 6.45) is 4.77. The summed E-state index contributed by atoms with van der Waals surface area (Å²) in [5, 5.41) is 30.3. The lowest BCUT2D eigenvalue weighted by atomic mass is 9.97. The fraction of sp³-hybridized carbons (Fsp3) is 0.409. The smallest absolute Gasteiger partial charge is 0.364 e. The van der Waals surface area contributed by atoms with Gasteiger partial charge < -0.3 is 20.6 Å². The van der Waals surface area contributed by atoms with Gasteiger partial charge in [-0.25, -0.2) is 27.6 Å². The van der Waals surface area contributed by atoms with Crippen LogP contribution in [0.25, 0.3) is 17.3 Å². The van der Waals surface area contributed by atoms with Gasteiger partial charge in [0.05, 0.1) is 11.4 Å². The number of allylic oxidation sites excluding steroid dienone is 1. The van der Waals surface area contributed by atoms with Crippen molar-refractivity contribution in [3.8, 4) is 11.3 Å². The van der Waals surface area contributed by atoms with Gasteiger partial charge in [-0.05, 0) is 43.0 Å². The Morgan fingerprint density at radius 2 is 1.85 bits per heavy atom. The first-order chi connectivity index (χ1) is 15.3. The van der Waals surface area contributed by atoms with Crippen LogP contribution in [0, 0.1) is 5.82 Å². The summed E-state index contributed by atoms with van der Waals surface area (Å²) in [4.78, 5) is 19.7. The highest BCUT2D eigenvalue weighted by atomic mass is 32.2. The van der Waals surface area contributed by atoms with E-state index in [4.69, 9.17) is 5.11 Å². The van der Waals surface area contributed by atoms with Gasteiger partial charge in [-0.2, -0.15) is 0 Å². The molecular weight excluding hydrogens is 453 g/mol. The third-order valence-corrected chi connectivity index (χ3v) is 5.32. The molecule has 1 aromatic heterocycles. The Balaban J connectivity index is 2.43. The number of benzene rings is 1. The molecular formula is C22H28FN3O6S. The average molecular weight is 482 g/mol. The van der Waals surface area contributed by atoms with Crippen molar-refractivity contribution in [2.45, 2.75) is 44.8 Å². The number of nitrogens with zero attached hydrogens (tertiary/aromatic N) is 2. The summed E-state index contributed by atoms with van der Waals surface area (Å²) in [6.45, 7) is 3.82. The Kier molecular flexibility index (Phi) is 8.64. The number of hydrogen-bond donors (Lipinski definition) is 4. The highest BCUT2D eigenvalue weighted by Crippen LogP contribution is 2.30. The molecule has 11 heteroatoms. The lowest BCUT2D eigenvalue weighted by Crippen LogP contribution is -2.37. The van der Waals surface area contributed by atoms with E-state index in [-0.39, 0.29) is 30.6 Å². The van der Waals surface area contributed by atoms with Gasteiger partial charge in [0.1, 0.15) is 11.7 Å². The zero-order chi connectivity index (χ0) is 24.8. The summed E-state index contributed by atoms with van der Waals surface area (Å²) in [7, 11) is -3.32. The molecule has 0 unspecified atom stereocenters. The normalized spacial score (nSPS) is 12.5. The quantitative estimate of drug-likeness (QED) is 0.281. The molecule has 2 aromatic rings. The molecule has 0 spiro atoms. The molecule has 4 N–H and O–H groups in total. The third kappa shape index (κ3) is 7.88. The van der Waals surface area contributed by atoms with Gasteiger partial charge in [-0.15, -0.1) is 0 Å². The first kappa shape index (κ1) is 26.4.